The summed E-state index contributed by atoms with van der Waals surface area (Å²) in [6, 6.07) is 0. The van der Waals surface area contributed by atoms with Crippen molar-refractivity contribution in [3.05, 3.63) is 21.1 Å². The molecule has 34 heteroatoms. The van der Waals surface area contributed by atoms with E-state index in [1.165, 1.54) is 22.7 Å². The number of thiazole rings is 2. The summed E-state index contributed by atoms with van der Waals surface area (Å²) in [5.74, 6) is -11.0. The first kappa shape index (κ1) is 65.1. The topological polar surface area (TPSA) is 362 Å². The molecule has 0 bridgehead atoms. The summed E-state index contributed by atoms with van der Waals surface area (Å²) < 4.78 is 127. The van der Waals surface area contributed by atoms with Crippen LogP contribution in [-0.4, -0.2) is 116 Å². The number of hydrogen-bond acceptors (Lipinski definition) is 14. The highest BCUT2D eigenvalue weighted by Gasteiger charge is 2.40. The molecule has 0 saturated carbocycles. The fourth-order valence-electron chi connectivity index (χ4n) is 3.83. The Labute approximate surface area is 378 Å². The van der Waals surface area contributed by atoms with Gasteiger partial charge in [-0.15, -0.1) is 22.7 Å². The molecular weight excluding hydrogens is 989 g/mol. The van der Waals surface area contributed by atoms with Gasteiger partial charge in [-0.25, -0.2) is 29.1 Å². The highest BCUT2D eigenvalue weighted by molar-refractivity contribution is 7.15. The minimum atomic E-state index is -5.08. The second kappa shape index (κ2) is 31.7. The van der Waals surface area contributed by atoms with Gasteiger partial charge in [0.05, 0.1) is 11.4 Å². The quantitative estimate of drug-likeness (QED) is 0.0454. The molecule has 0 unspecified atom stereocenters. The Bertz CT molecular complexity index is 1760. The Balaban J connectivity index is -0.00000117. The van der Waals surface area contributed by atoms with Gasteiger partial charge in [0, 0.05) is 35.7 Å². The van der Waals surface area contributed by atoms with Crippen LogP contribution in [0.1, 0.15) is 78.9 Å². The molecule has 0 spiro atoms. The SMILES string of the molecule is Cc1nc(N)sc1CCCN=C(N)NC(=O)CCCCCCCC(=O)NC(N)=NCCCc1sc(N)nc1C.O=C(O)C(F)(F)F.O=C(O)C(F)(F)F.O=C(O)C(F)(F)F.O=C(O)C(F)(F)F. The van der Waals surface area contributed by atoms with Crippen LogP contribution in [-0.2, 0) is 41.6 Å². The highest BCUT2D eigenvalue weighted by Crippen LogP contribution is 2.22. The van der Waals surface area contributed by atoms with Crippen molar-refractivity contribution in [2.24, 2.45) is 21.5 Å². The number of carboxylic acids is 4. The maximum Gasteiger partial charge on any atom is 0.490 e. The van der Waals surface area contributed by atoms with Crippen LogP contribution in [0.2, 0.25) is 0 Å². The lowest BCUT2D eigenvalue weighted by molar-refractivity contribution is -0.193. The summed E-state index contributed by atoms with van der Waals surface area (Å²) in [4.78, 5) is 78.8. The van der Waals surface area contributed by atoms with E-state index in [2.05, 4.69) is 30.6 Å². The molecule has 0 aliphatic rings. The van der Waals surface area contributed by atoms with E-state index >= 15 is 0 Å². The number of nitrogens with one attached hydrogen (secondary N) is 2. The molecule has 2 heterocycles. The van der Waals surface area contributed by atoms with Gasteiger partial charge in [0.25, 0.3) is 0 Å². The van der Waals surface area contributed by atoms with E-state index in [4.69, 9.17) is 62.5 Å². The number of aliphatic carboxylic acids is 4. The van der Waals surface area contributed by atoms with Crippen LogP contribution in [0.5, 0.6) is 0 Å². The van der Waals surface area contributed by atoms with Gasteiger partial charge in [-0.1, -0.05) is 19.3 Å². The van der Waals surface area contributed by atoms with Crippen molar-refractivity contribution in [1.29, 1.82) is 0 Å². The molecule has 0 atom stereocenters. The van der Waals surface area contributed by atoms with Gasteiger partial charge >= 0.3 is 48.6 Å². The van der Waals surface area contributed by atoms with Gasteiger partial charge in [-0.2, -0.15) is 52.7 Å². The molecule has 0 aliphatic heterocycles. The second-order valence-corrected chi connectivity index (χ2v) is 14.7. The number of aryl methyl sites for hydroxylation is 4. The lowest BCUT2D eigenvalue weighted by Gasteiger charge is -2.06. The minimum absolute atomic E-state index is 0.136. The largest absolute Gasteiger partial charge is 0.490 e. The standard InChI is InChI=1S/C25H42N10O2S2.4C2HF3O2/c1-16-18(38-24(28)32-16)10-8-14-30-22(26)34-20(36)12-6-4-3-5-7-13-21(37)35-23(27)31-15-9-11-19-17(2)33-25(29)39-19;4*3-2(4,5)1(6)7/h3-15H2,1-2H3,(H2,28,32)(H2,29,33)(H3,26,30,34,36)(H3,27,31,35,37);4*(H,6,7). The number of aromatic nitrogens is 2. The van der Waals surface area contributed by atoms with Gasteiger partial charge < -0.3 is 43.4 Å². The molecule has 2 aromatic heterocycles. The van der Waals surface area contributed by atoms with E-state index in [1.807, 2.05) is 13.8 Å². The molecule has 67 heavy (non-hydrogen) atoms. The number of carbonyl (C=O) groups is 6. The Morgan fingerprint density at radius 1 is 0.507 bits per heavy atom. The Kier molecular flexibility index (Phi) is 30.7. The monoisotopic (exact) mass is 1030 g/mol. The van der Waals surface area contributed by atoms with E-state index in [0.717, 1.165) is 78.9 Å². The average Bonchev–Trinajstić information content (AvgIpc) is 3.67. The first-order valence-corrected chi connectivity index (χ1v) is 19.9. The van der Waals surface area contributed by atoms with Gasteiger partial charge in [-0.3, -0.25) is 30.2 Å². The Morgan fingerprint density at radius 3 is 0.955 bits per heavy atom. The van der Waals surface area contributed by atoms with E-state index in [-0.39, 0.29) is 23.7 Å². The van der Waals surface area contributed by atoms with Crippen LogP contribution in [0.25, 0.3) is 0 Å². The van der Waals surface area contributed by atoms with E-state index < -0.39 is 48.6 Å². The Hall–Kier alpha value is -6.22. The van der Waals surface area contributed by atoms with Gasteiger partial charge in [0.2, 0.25) is 11.8 Å². The molecule has 2 aromatic rings. The predicted octanol–water partition coefficient (Wildman–Crippen LogP) is 5.07. The molecule has 0 saturated heterocycles. The zero-order chi connectivity index (χ0) is 52.9. The van der Waals surface area contributed by atoms with Crippen LogP contribution >= 0.6 is 22.7 Å². The lowest BCUT2D eigenvalue weighted by atomic mass is 10.1. The fourth-order valence-corrected chi connectivity index (χ4v) is 5.58. The molecule has 14 N–H and O–H groups in total. The van der Waals surface area contributed by atoms with Crippen LogP contribution in [0.4, 0.5) is 62.9 Å². The number of alkyl halides is 12. The second-order valence-electron chi connectivity index (χ2n) is 12.4. The molecule has 2 rings (SSSR count). The number of rotatable bonds is 16. The van der Waals surface area contributed by atoms with Crippen molar-refractivity contribution in [3.63, 3.8) is 0 Å². The van der Waals surface area contributed by atoms with Crippen molar-refractivity contribution < 1.29 is 102 Å². The van der Waals surface area contributed by atoms with Crippen molar-refractivity contribution in [1.82, 2.24) is 20.6 Å². The number of unbranched alkanes of at least 4 members (excludes halogenated alkanes) is 4. The number of guanidine groups is 2. The number of nitrogens with two attached hydrogens (primary N) is 4. The molecule has 0 aromatic carbocycles. The zero-order valence-corrected chi connectivity index (χ0v) is 36.5. The number of nitrogens with zero attached hydrogens (tertiary/aromatic N) is 4. The molecule has 0 aliphatic carbocycles. The highest BCUT2D eigenvalue weighted by atomic mass is 32.1. The van der Waals surface area contributed by atoms with E-state index in [0.29, 0.717) is 36.2 Å². The molecule has 0 radical (unpaired) electrons. The molecule has 20 nitrogen and oxygen atoms in total. The van der Waals surface area contributed by atoms with Gasteiger partial charge in [0.15, 0.2) is 22.2 Å². The average molecular weight is 1030 g/mol. The van der Waals surface area contributed by atoms with Gasteiger partial charge in [-0.05, 0) is 52.4 Å². The molecule has 0 fully saturated rings. The number of carboxylic acid groups (broad SMARTS) is 4. The maximum absolute atomic E-state index is 12.0. The number of aliphatic imine (C=N–C) groups is 2. The summed E-state index contributed by atoms with van der Waals surface area (Å²) >= 11 is 2.98. The van der Waals surface area contributed by atoms with E-state index in [9.17, 15) is 62.3 Å². The summed E-state index contributed by atoms with van der Waals surface area (Å²) in [6.07, 6.45) is -12.0. The summed E-state index contributed by atoms with van der Waals surface area (Å²) in [5, 5.41) is 34.9. The third-order valence-corrected chi connectivity index (χ3v) is 8.91. The minimum Gasteiger partial charge on any atom is -0.475 e. The number of nitrogen functional groups attached to an aromatic ring is 2. The van der Waals surface area contributed by atoms with Crippen molar-refractivity contribution in [3.8, 4) is 0 Å². The van der Waals surface area contributed by atoms with Gasteiger partial charge in [0.1, 0.15) is 0 Å². The fraction of sp³-hybridized carbons (Fsp3) is 0.576. The smallest absolute Gasteiger partial charge is 0.475 e. The van der Waals surface area contributed by atoms with Crippen molar-refractivity contribution in [2.75, 3.05) is 24.6 Å². The lowest BCUT2D eigenvalue weighted by Crippen LogP contribution is -2.36. The number of amides is 2. The number of anilines is 2. The van der Waals surface area contributed by atoms with E-state index in [1.54, 1.807) is 0 Å². The maximum atomic E-state index is 12.0. The Morgan fingerprint density at radius 2 is 0.746 bits per heavy atom. The van der Waals surface area contributed by atoms with Crippen molar-refractivity contribution >= 4 is 80.5 Å². The summed E-state index contributed by atoms with van der Waals surface area (Å²) in [5.41, 5.74) is 24.9. The normalized spacial score (nSPS) is 11.7. The molecule has 384 valence electrons. The third kappa shape index (κ3) is 36.7. The third-order valence-electron chi connectivity index (χ3n) is 6.82. The van der Waals surface area contributed by atoms with Crippen molar-refractivity contribution in [2.45, 2.75) is 109 Å². The first-order valence-electron chi connectivity index (χ1n) is 18.2. The number of carbonyl (C=O) groups excluding carboxylic acids is 2. The summed E-state index contributed by atoms with van der Waals surface area (Å²) in [7, 11) is 0. The predicted molar refractivity (Wildman–Crippen MR) is 216 cm³/mol. The zero-order valence-electron chi connectivity index (χ0n) is 34.9. The van der Waals surface area contributed by atoms with Crippen LogP contribution in [0, 0.1) is 13.8 Å². The number of halogens is 12. The van der Waals surface area contributed by atoms with Crippen LogP contribution in [0.15, 0.2) is 9.98 Å². The number of hydrogen-bond donors (Lipinski definition) is 10. The summed E-state index contributed by atoms with van der Waals surface area (Å²) in [6.45, 7) is 4.93. The molecular formula is C33H46F12N10O10S2. The molecule has 2 amide bonds. The first-order chi connectivity index (χ1) is 30.4. The van der Waals surface area contributed by atoms with Crippen LogP contribution < -0.4 is 33.6 Å². The van der Waals surface area contributed by atoms with Crippen LogP contribution in [0.3, 0.4) is 0 Å².